The van der Waals surface area contributed by atoms with Crippen LogP contribution in [0.2, 0.25) is 22.0 Å². The van der Waals surface area contributed by atoms with E-state index in [4.69, 9.17) is 32.7 Å². The first-order valence-corrected chi connectivity index (χ1v) is 29.0. The SMILES string of the molecule is C=C(OCC)c1cccc(Cn2sc(Cl)cc2=O)c1.C=[C](OCC)[Sn]([CH2]CCC)([CH2]CCC)[CH2]CCC.O=c1cc(Cl)sn1Cc1cccc(I)c1. The molecule has 0 amide bonds. The first kappa shape index (κ1) is 46.6. The molecule has 0 N–H and O–H groups in total. The van der Waals surface area contributed by atoms with Crippen LogP contribution in [0.1, 0.15) is 89.8 Å². The molecule has 0 unspecified atom stereocenters. The van der Waals surface area contributed by atoms with Crippen LogP contribution in [-0.4, -0.2) is 39.5 Å². The normalized spacial score (nSPS) is 10.8. The summed E-state index contributed by atoms with van der Waals surface area (Å²) in [7, 11) is 0. The van der Waals surface area contributed by atoms with Gasteiger partial charge < -0.3 is 4.74 Å². The zero-order valence-corrected chi connectivity index (χ0v) is 39.5. The molecular weight excluding hydrogens is 953 g/mol. The molecule has 0 atom stereocenters. The molecule has 0 saturated heterocycles. The van der Waals surface area contributed by atoms with Crippen molar-refractivity contribution in [1.29, 1.82) is 0 Å². The summed E-state index contributed by atoms with van der Waals surface area (Å²) in [5, 5.41) is 0. The van der Waals surface area contributed by atoms with E-state index in [1.54, 1.807) is 7.91 Å². The predicted octanol–water partition coefficient (Wildman–Crippen LogP) is 12.8. The quantitative estimate of drug-likeness (QED) is 0.0533. The van der Waals surface area contributed by atoms with Crippen LogP contribution in [0, 0.1) is 3.57 Å². The zero-order chi connectivity index (χ0) is 38.5. The average Bonchev–Trinajstić information content (AvgIpc) is 3.61. The molecule has 52 heavy (non-hydrogen) atoms. The summed E-state index contributed by atoms with van der Waals surface area (Å²) in [5.74, 6) is 0.640. The molecule has 2 aromatic heterocycles. The Hall–Kier alpha value is -1.51. The van der Waals surface area contributed by atoms with Gasteiger partial charge in [-0.05, 0) is 81.9 Å². The molecule has 0 spiro atoms. The second-order valence-electron chi connectivity index (χ2n) is 12.5. The van der Waals surface area contributed by atoms with Gasteiger partial charge in [-0.1, -0.05) is 60.1 Å². The fourth-order valence-electron chi connectivity index (χ4n) is 5.65. The Bertz CT molecular complexity index is 1760. The Morgan fingerprint density at radius 1 is 0.712 bits per heavy atom. The van der Waals surface area contributed by atoms with Crippen LogP contribution < -0.4 is 11.1 Å². The number of ether oxygens (including phenoxy) is 2. The van der Waals surface area contributed by atoms with E-state index in [1.807, 2.05) is 49.4 Å². The van der Waals surface area contributed by atoms with Crippen molar-refractivity contribution in [3.8, 4) is 0 Å². The molecular formula is C40H55Cl2IN2O4S2Sn. The third kappa shape index (κ3) is 16.5. The Labute approximate surface area is 347 Å². The molecule has 6 nitrogen and oxygen atoms in total. The number of nitrogens with zero attached hydrogens (tertiary/aromatic N) is 2. The van der Waals surface area contributed by atoms with E-state index in [9.17, 15) is 9.59 Å². The minimum absolute atomic E-state index is 0.0381. The first-order chi connectivity index (χ1) is 24.9. The summed E-state index contributed by atoms with van der Waals surface area (Å²) in [5.41, 5.74) is 2.93. The molecule has 0 saturated carbocycles. The van der Waals surface area contributed by atoms with Crippen molar-refractivity contribution < 1.29 is 9.47 Å². The van der Waals surface area contributed by atoms with E-state index in [0.717, 1.165) is 23.3 Å². The standard InChI is InChI=1S/C14H14ClNO2S.C10H7ClINOS.C4H7O.3C4H9.Sn/c1-3-18-10(2)12-6-4-5-11(7-12)9-16-14(17)8-13(15)19-16;11-9-5-10(14)13(15-9)6-7-2-1-3-8(12)4-7;1-3-5-4-2;3*1-3-4-2;/h4-8H,2-3,9H2,1H3;1-5H,6H2;1,4H2,2H3;3*1,3-4H2,2H3;. The van der Waals surface area contributed by atoms with Crippen molar-refractivity contribution in [3.05, 3.63) is 127 Å². The Kier molecular flexibility index (Phi) is 22.9. The van der Waals surface area contributed by atoms with Crippen molar-refractivity contribution in [3.63, 3.8) is 0 Å². The van der Waals surface area contributed by atoms with Crippen LogP contribution in [0.15, 0.2) is 87.2 Å². The van der Waals surface area contributed by atoms with Gasteiger partial charge in [0.05, 0.1) is 19.7 Å². The van der Waals surface area contributed by atoms with Crippen molar-refractivity contribution in [1.82, 2.24) is 7.91 Å². The van der Waals surface area contributed by atoms with Crippen LogP contribution in [0.5, 0.6) is 0 Å². The molecule has 0 aliphatic heterocycles. The molecule has 0 aliphatic carbocycles. The van der Waals surface area contributed by atoms with Gasteiger partial charge in [0, 0.05) is 21.3 Å². The third-order valence-electron chi connectivity index (χ3n) is 8.41. The van der Waals surface area contributed by atoms with Crippen LogP contribution >= 0.6 is 68.9 Å². The Morgan fingerprint density at radius 2 is 1.17 bits per heavy atom. The van der Waals surface area contributed by atoms with Crippen LogP contribution in [0.4, 0.5) is 0 Å². The molecule has 0 aliphatic rings. The molecule has 12 heteroatoms. The van der Waals surface area contributed by atoms with Gasteiger partial charge in [-0.2, -0.15) is 0 Å². The zero-order valence-electron chi connectivity index (χ0n) is 31.4. The topological polar surface area (TPSA) is 62.5 Å². The summed E-state index contributed by atoms with van der Waals surface area (Å²) in [6.07, 6.45) is 8.10. The minimum atomic E-state index is -2.24. The van der Waals surface area contributed by atoms with Gasteiger partial charge in [0.2, 0.25) is 0 Å². The number of hydrogen-bond donors (Lipinski definition) is 0. The fraction of sp³-hybridized carbons (Fsp3) is 0.450. The number of rotatable bonds is 19. The first-order valence-electron chi connectivity index (χ1n) is 18.1. The van der Waals surface area contributed by atoms with Crippen molar-refractivity contribution in [2.45, 2.75) is 99.5 Å². The van der Waals surface area contributed by atoms with E-state index in [-0.39, 0.29) is 11.1 Å². The van der Waals surface area contributed by atoms with Crippen LogP contribution in [-0.2, 0) is 22.6 Å². The summed E-state index contributed by atoms with van der Waals surface area (Å²) in [4.78, 5) is 23.0. The Balaban J connectivity index is 0.000000272. The van der Waals surface area contributed by atoms with E-state index in [0.29, 0.717) is 34.1 Å². The molecule has 2 heterocycles. The molecule has 286 valence electrons. The van der Waals surface area contributed by atoms with Crippen molar-refractivity contribution in [2.24, 2.45) is 0 Å². The molecule has 4 aromatic rings. The third-order valence-corrected chi connectivity index (χ3v) is 26.4. The largest absolute Gasteiger partial charge is 0.268 e. The van der Waals surface area contributed by atoms with E-state index < -0.39 is 18.4 Å². The Morgan fingerprint density at radius 3 is 1.58 bits per heavy atom. The summed E-state index contributed by atoms with van der Waals surface area (Å²) in [6, 6.07) is 18.7. The van der Waals surface area contributed by atoms with Crippen molar-refractivity contribution in [2.75, 3.05) is 13.2 Å². The van der Waals surface area contributed by atoms with E-state index in [2.05, 4.69) is 69.5 Å². The monoisotopic (exact) mass is 1010 g/mol. The van der Waals surface area contributed by atoms with E-state index >= 15 is 0 Å². The maximum absolute atomic E-state index is 11.6. The molecule has 0 fully saturated rings. The number of halogens is 3. The molecule has 4 rings (SSSR count). The number of unbranched alkanes of at least 4 members (excludes halogenated alkanes) is 3. The summed E-state index contributed by atoms with van der Waals surface area (Å²) in [6.45, 7) is 21.6. The van der Waals surface area contributed by atoms with Gasteiger partial charge >= 0.3 is 120 Å². The van der Waals surface area contributed by atoms with E-state index in [1.165, 1.54) is 94.4 Å². The average molecular weight is 1010 g/mol. The second kappa shape index (κ2) is 25.5. The maximum Gasteiger partial charge on any atom is 0.262 e. The van der Waals surface area contributed by atoms with Gasteiger partial charge in [-0.15, -0.1) is 0 Å². The van der Waals surface area contributed by atoms with Crippen molar-refractivity contribution >= 4 is 93.0 Å². The van der Waals surface area contributed by atoms with Gasteiger partial charge in [-0.3, -0.25) is 17.5 Å². The second-order valence-corrected chi connectivity index (χ2v) is 30.3. The molecule has 0 bridgehead atoms. The minimum Gasteiger partial charge on any atom is -0.268 e. The summed E-state index contributed by atoms with van der Waals surface area (Å²) < 4.78 is 22.4. The van der Waals surface area contributed by atoms with Gasteiger partial charge in [0.25, 0.3) is 11.1 Å². The van der Waals surface area contributed by atoms with Crippen LogP contribution in [0.3, 0.4) is 0 Å². The predicted molar refractivity (Wildman–Crippen MR) is 237 cm³/mol. The fourth-order valence-corrected chi connectivity index (χ4v) is 23.0. The smallest absolute Gasteiger partial charge is 0.262 e. The van der Waals surface area contributed by atoms with Gasteiger partial charge in [0.15, 0.2) is 0 Å². The molecule has 0 radical (unpaired) electrons. The number of aromatic nitrogens is 2. The number of hydrogen-bond acceptors (Lipinski definition) is 6. The van der Waals surface area contributed by atoms with Crippen LogP contribution in [0.25, 0.3) is 5.76 Å². The summed E-state index contributed by atoms with van der Waals surface area (Å²) >= 11 is 14.1. The number of benzene rings is 2. The maximum atomic E-state index is 11.6. The molecule has 2 aromatic carbocycles. The van der Waals surface area contributed by atoms with Gasteiger partial charge in [0.1, 0.15) is 14.4 Å². The van der Waals surface area contributed by atoms with Gasteiger partial charge in [-0.25, -0.2) is 0 Å².